The number of aromatic hydroxyl groups is 1. The highest BCUT2D eigenvalue weighted by Gasteiger charge is 2.10. The zero-order valence-corrected chi connectivity index (χ0v) is 10.0. The van der Waals surface area contributed by atoms with E-state index >= 15 is 0 Å². The Morgan fingerprint density at radius 3 is 2.53 bits per heavy atom. The lowest BCUT2D eigenvalue weighted by molar-refractivity contribution is 0.403. The SMILES string of the molecule is COc1ccc(O)c(C)c1CCC(C)C. The largest absolute Gasteiger partial charge is 0.508 e. The third-order valence-electron chi connectivity index (χ3n) is 2.72. The molecule has 0 aliphatic carbocycles. The first-order valence-electron chi connectivity index (χ1n) is 5.41. The summed E-state index contributed by atoms with van der Waals surface area (Å²) in [6, 6.07) is 3.52. The molecule has 0 fully saturated rings. The van der Waals surface area contributed by atoms with Gasteiger partial charge < -0.3 is 9.84 Å². The number of phenols is 1. The van der Waals surface area contributed by atoms with Crippen LogP contribution in [0.15, 0.2) is 12.1 Å². The molecule has 1 N–H and O–H groups in total. The normalized spacial score (nSPS) is 10.7. The monoisotopic (exact) mass is 208 g/mol. The van der Waals surface area contributed by atoms with Crippen LogP contribution < -0.4 is 4.74 Å². The Labute approximate surface area is 91.9 Å². The van der Waals surface area contributed by atoms with Crippen LogP contribution in [-0.4, -0.2) is 12.2 Å². The second kappa shape index (κ2) is 5.06. The molecule has 1 aromatic rings. The first kappa shape index (κ1) is 11.9. The molecule has 84 valence electrons. The zero-order valence-electron chi connectivity index (χ0n) is 10.0. The molecule has 0 aromatic heterocycles. The summed E-state index contributed by atoms with van der Waals surface area (Å²) in [5.41, 5.74) is 2.07. The molecule has 0 saturated carbocycles. The molecule has 0 radical (unpaired) electrons. The van der Waals surface area contributed by atoms with E-state index in [4.69, 9.17) is 4.74 Å². The topological polar surface area (TPSA) is 29.5 Å². The Kier molecular flexibility index (Phi) is 4.01. The van der Waals surface area contributed by atoms with Gasteiger partial charge in [0, 0.05) is 5.56 Å². The van der Waals surface area contributed by atoms with Gasteiger partial charge in [-0.15, -0.1) is 0 Å². The quantitative estimate of drug-likeness (QED) is 0.822. The van der Waals surface area contributed by atoms with Crippen LogP contribution >= 0.6 is 0 Å². The van der Waals surface area contributed by atoms with Gasteiger partial charge in [-0.05, 0) is 43.4 Å². The summed E-state index contributed by atoms with van der Waals surface area (Å²) in [5.74, 6) is 1.90. The van der Waals surface area contributed by atoms with Crippen molar-refractivity contribution < 1.29 is 9.84 Å². The van der Waals surface area contributed by atoms with Crippen molar-refractivity contribution in [1.29, 1.82) is 0 Å². The fourth-order valence-corrected chi connectivity index (χ4v) is 1.65. The maximum atomic E-state index is 9.63. The summed E-state index contributed by atoms with van der Waals surface area (Å²) < 4.78 is 5.30. The molecule has 0 spiro atoms. The Morgan fingerprint density at radius 1 is 1.33 bits per heavy atom. The van der Waals surface area contributed by atoms with Gasteiger partial charge in [-0.2, -0.15) is 0 Å². The predicted octanol–water partition coefficient (Wildman–Crippen LogP) is 3.30. The van der Waals surface area contributed by atoms with Gasteiger partial charge in [0.15, 0.2) is 0 Å². The van der Waals surface area contributed by atoms with Gasteiger partial charge >= 0.3 is 0 Å². The molecule has 15 heavy (non-hydrogen) atoms. The van der Waals surface area contributed by atoms with Crippen molar-refractivity contribution in [2.45, 2.75) is 33.6 Å². The Bertz CT molecular complexity index is 330. The minimum Gasteiger partial charge on any atom is -0.508 e. The van der Waals surface area contributed by atoms with E-state index in [9.17, 15) is 5.11 Å². The lowest BCUT2D eigenvalue weighted by Crippen LogP contribution is -1.98. The van der Waals surface area contributed by atoms with E-state index in [1.165, 1.54) is 0 Å². The van der Waals surface area contributed by atoms with Gasteiger partial charge in [0.2, 0.25) is 0 Å². The highest BCUT2D eigenvalue weighted by atomic mass is 16.5. The summed E-state index contributed by atoms with van der Waals surface area (Å²) in [6.07, 6.45) is 2.07. The van der Waals surface area contributed by atoms with Crippen LogP contribution in [0.2, 0.25) is 0 Å². The van der Waals surface area contributed by atoms with E-state index in [0.717, 1.165) is 29.7 Å². The standard InChI is InChI=1S/C13H20O2/c1-9(2)5-6-11-10(3)12(14)7-8-13(11)15-4/h7-9,14H,5-6H2,1-4H3. The number of phenolic OH excluding ortho intramolecular Hbond substituents is 1. The van der Waals surface area contributed by atoms with Crippen LogP contribution in [-0.2, 0) is 6.42 Å². The zero-order chi connectivity index (χ0) is 11.4. The number of ether oxygens (including phenoxy) is 1. The average molecular weight is 208 g/mol. The summed E-state index contributed by atoms with van der Waals surface area (Å²) >= 11 is 0. The second-order valence-electron chi connectivity index (χ2n) is 4.32. The van der Waals surface area contributed by atoms with Gasteiger partial charge in [0.05, 0.1) is 7.11 Å². The predicted molar refractivity (Wildman–Crippen MR) is 62.6 cm³/mol. The number of methoxy groups -OCH3 is 1. The van der Waals surface area contributed by atoms with E-state index in [1.54, 1.807) is 13.2 Å². The maximum Gasteiger partial charge on any atom is 0.122 e. The van der Waals surface area contributed by atoms with E-state index < -0.39 is 0 Å². The molecule has 0 aliphatic heterocycles. The number of benzene rings is 1. The molecule has 0 aliphatic rings. The van der Waals surface area contributed by atoms with Crippen LogP contribution in [0.4, 0.5) is 0 Å². The van der Waals surface area contributed by atoms with Crippen LogP contribution in [0.3, 0.4) is 0 Å². The fraction of sp³-hybridized carbons (Fsp3) is 0.538. The smallest absolute Gasteiger partial charge is 0.122 e. The molecule has 0 saturated heterocycles. The summed E-state index contributed by atoms with van der Waals surface area (Å²) in [5, 5.41) is 9.63. The van der Waals surface area contributed by atoms with Crippen molar-refractivity contribution in [3.8, 4) is 11.5 Å². The lowest BCUT2D eigenvalue weighted by Gasteiger charge is -2.13. The number of hydrogen-bond acceptors (Lipinski definition) is 2. The van der Waals surface area contributed by atoms with Crippen molar-refractivity contribution in [2.75, 3.05) is 7.11 Å². The summed E-state index contributed by atoms with van der Waals surface area (Å²) in [4.78, 5) is 0. The van der Waals surface area contributed by atoms with Crippen LogP contribution in [0.25, 0.3) is 0 Å². The van der Waals surface area contributed by atoms with Crippen molar-refractivity contribution in [1.82, 2.24) is 0 Å². The van der Waals surface area contributed by atoms with E-state index in [-0.39, 0.29) is 0 Å². The third-order valence-corrected chi connectivity index (χ3v) is 2.72. The van der Waals surface area contributed by atoms with Gasteiger partial charge in [0.25, 0.3) is 0 Å². The molecular weight excluding hydrogens is 188 g/mol. The lowest BCUT2D eigenvalue weighted by atomic mass is 9.97. The van der Waals surface area contributed by atoms with Crippen LogP contribution in [0.5, 0.6) is 11.5 Å². The molecular formula is C13H20O2. The number of hydrogen-bond donors (Lipinski definition) is 1. The Balaban J connectivity index is 2.96. The van der Waals surface area contributed by atoms with Gasteiger partial charge in [-0.3, -0.25) is 0 Å². The molecule has 0 bridgehead atoms. The van der Waals surface area contributed by atoms with Crippen LogP contribution in [0, 0.1) is 12.8 Å². The second-order valence-corrected chi connectivity index (χ2v) is 4.32. The van der Waals surface area contributed by atoms with Gasteiger partial charge in [-0.1, -0.05) is 13.8 Å². The van der Waals surface area contributed by atoms with Crippen molar-refractivity contribution in [3.05, 3.63) is 23.3 Å². The summed E-state index contributed by atoms with van der Waals surface area (Å²) in [6.45, 7) is 6.34. The van der Waals surface area contributed by atoms with Crippen molar-refractivity contribution in [3.63, 3.8) is 0 Å². The Morgan fingerprint density at radius 2 is 2.00 bits per heavy atom. The molecule has 2 heteroatoms. The minimum atomic E-state index is 0.356. The minimum absolute atomic E-state index is 0.356. The van der Waals surface area contributed by atoms with Gasteiger partial charge in [-0.25, -0.2) is 0 Å². The first-order valence-corrected chi connectivity index (χ1v) is 5.41. The molecule has 2 nitrogen and oxygen atoms in total. The number of rotatable bonds is 4. The van der Waals surface area contributed by atoms with Crippen LogP contribution in [0.1, 0.15) is 31.4 Å². The summed E-state index contributed by atoms with van der Waals surface area (Å²) in [7, 11) is 1.67. The van der Waals surface area contributed by atoms with E-state index in [2.05, 4.69) is 13.8 Å². The maximum absolute atomic E-state index is 9.63. The molecule has 1 aromatic carbocycles. The molecule has 1 rings (SSSR count). The molecule has 0 unspecified atom stereocenters. The average Bonchev–Trinajstić information content (AvgIpc) is 2.20. The van der Waals surface area contributed by atoms with E-state index in [0.29, 0.717) is 11.7 Å². The third kappa shape index (κ3) is 2.88. The Hall–Kier alpha value is -1.18. The van der Waals surface area contributed by atoms with Crippen molar-refractivity contribution in [2.24, 2.45) is 5.92 Å². The highest BCUT2D eigenvalue weighted by molar-refractivity contribution is 5.47. The van der Waals surface area contributed by atoms with Gasteiger partial charge in [0.1, 0.15) is 11.5 Å². The molecule has 0 atom stereocenters. The molecule has 0 amide bonds. The van der Waals surface area contributed by atoms with Crippen molar-refractivity contribution >= 4 is 0 Å². The van der Waals surface area contributed by atoms with E-state index in [1.807, 2.05) is 13.0 Å². The first-order chi connectivity index (χ1) is 7.06. The molecule has 0 heterocycles. The highest BCUT2D eigenvalue weighted by Crippen LogP contribution is 2.30. The fourth-order valence-electron chi connectivity index (χ4n) is 1.65.